The van der Waals surface area contributed by atoms with E-state index in [9.17, 15) is 9.90 Å². The van der Waals surface area contributed by atoms with Crippen molar-refractivity contribution in [3.8, 4) is 0 Å². The molecule has 4 rings (SSSR count). The summed E-state index contributed by atoms with van der Waals surface area (Å²) in [7, 11) is 0. The van der Waals surface area contributed by atoms with Crippen LogP contribution in [0.25, 0.3) is 0 Å². The highest BCUT2D eigenvalue weighted by molar-refractivity contribution is 6.30. The Morgan fingerprint density at radius 1 is 1.07 bits per heavy atom. The summed E-state index contributed by atoms with van der Waals surface area (Å²) in [5, 5.41) is 15.1. The molecule has 1 aliphatic heterocycles. The molecule has 2 atom stereocenters. The summed E-state index contributed by atoms with van der Waals surface area (Å²) < 4.78 is 5.48. The molecule has 3 aromatic rings. The van der Waals surface area contributed by atoms with E-state index in [0.29, 0.717) is 10.6 Å². The number of carbonyl (C=O) groups excluding carboxylic acids is 1. The molecule has 154 valence electrons. The number of nitrogens with one attached hydrogen (secondary N) is 1. The highest BCUT2D eigenvalue weighted by atomic mass is 35.5. The van der Waals surface area contributed by atoms with Gasteiger partial charge in [0.1, 0.15) is 6.61 Å². The molecule has 2 N–H and O–H groups in total. The Labute approximate surface area is 181 Å². The molecule has 0 saturated heterocycles. The zero-order valence-electron chi connectivity index (χ0n) is 16.9. The minimum Gasteiger partial charge on any atom is -0.457 e. The molecule has 1 aliphatic rings. The molecule has 0 fully saturated rings. The van der Waals surface area contributed by atoms with E-state index < -0.39 is 11.5 Å². The molecule has 0 amide bonds. The van der Waals surface area contributed by atoms with Crippen LogP contribution in [0.15, 0.2) is 72.8 Å². The van der Waals surface area contributed by atoms with E-state index in [1.165, 1.54) is 0 Å². The summed E-state index contributed by atoms with van der Waals surface area (Å²) in [5.41, 5.74) is 3.43. The lowest BCUT2D eigenvalue weighted by molar-refractivity contribution is 0.0289. The van der Waals surface area contributed by atoms with Gasteiger partial charge in [-0.2, -0.15) is 0 Å². The van der Waals surface area contributed by atoms with E-state index in [-0.39, 0.29) is 18.6 Å². The quantitative estimate of drug-likeness (QED) is 0.513. The predicted octanol–water partition coefficient (Wildman–Crippen LogP) is 5.92. The fraction of sp³-hybridized carbons (Fsp3) is 0.240. The number of ether oxygens (including phenoxy) is 1. The smallest absolute Gasteiger partial charge is 0.338 e. The fourth-order valence-electron chi connectivity index (χ4n) is 3.96. The van der Waals surface area contributed by atoms with Crippen LogP contribution >= 0.6 is 11.6 Å². The molecule has 4 nitrogen and oxygen atoms in total. The zero-order chi connectivity index (χ0) is 21.3. The lowest BCUT2D eigenvalue weighted by Crippen LogP contribution is -2.38. The molecule has 0 saturated carbocycles. The Hall–Kier alpha value is -2.82. The minimum atomic E-state index is -0.703. The van der Waals surface area contributed by atoms with Gasteiger partial charge in [0.2, 0.25) is 0 Å². The summed E-state index contributed by atoms with van der Waals surface area (Å²) >= 11 is 6.13. The first-order valence-electron chi connectivity index (χ1n) is 9.91. The number of hydrogen-bond donors (Lipinski definition) is 2. The van der Waals surface area contributed by atoms with Gasteiger partial charge in [-0.1, -0.05) is 67.9 Å². The van der Waals surface area contributed by atoms with Crippen LogP contribution in [0.3, 0.4) is 0 Å². The van der Waals surface area contributed by atoms with Crippen molar-refractivity contribution in [2.45, 2.75) is 32.6 Å². The topological polar surface area (TPSA) is 58.6 Å². The van der Waals surface area contributed by atoms with Crippen molar-refractivity contribution < 1.29 is 14.6 Å². The molecular formula is C25H24ClNO3. The molecular weight excluding hydrogens is 398 g/mol. The second-order valence-corrected chi connectivity index (χ2v) is 8.66. The van der Waals surface area contributed by atoms with Gasteiger partial charge >= 0.3 is 5.97 Å². The van der Waals surface area contributed by atoms with Crippen LogP contribution in [0.5, 0.6) is 0 Å². The largest absolute Gasteiger partial charge is 0.457 e. The van der Waals surface area contributed by atoms with E-state index in [1.807, 2.05) is 68.4 Å². The first-order chi connectivity index (χ1) is 14.4. The molecule has 2 unspecified atom stereocenters. The number of rotatable bonds is 4. The molecule has 1 heterocycles. The lowest BCUT2D eigenvalue weighted by Gasteiger charge is -2.45. The van der Waals surface area contributed by atoms with Gasteiger partial charge in [-0.15, -0.1) is 0 Å². The number of fused-ring (bicyclic) bond motifs is 1. The Kier molecular flexibility index (Phi) is 5.54. The molecule has 0 spiro atoms. The third-order valence-electron chi connectivity index (χ3n) is 5.73. The van der Waals surface area contributed by atoms with Gasteiger partial charge in [-0.25, -0.2) is 4.79 Å². The molecule has 0 aromatic heterocycles. The van der Waals surface area contributed by atoms with Crippen LogP contribution in [0.4, 0.5) is 5.69 Å². The van der Waals surface area contributed by atoms with Gasteiger partial charge in [-0.3, -0.25) is 0 Å². The molecule has 5 heteroatoms. The van der Waals surface area contributed by atoms with Gasteiger partial charge in [0, 0.05) is 21.7 Å². The minimum absolute atomic E-state index is 0.192. The van der Waals surface area contributed by atoms with Crippen LogP contribution in [0, 0.1) is 5.41 Å². The fourth-order valence-corrected chi connectivity index (χ4v) is 4.14. The van der Waals surface area contributed by atoms with Crippen LogP contribution in [-0.4, -0.2) is 11.1 Å². The normalized spacial score (nSPS) is 19.5. The molecule has 30 heavy (non-hydrogen) atoms. The SMILES string of the molecule is CC1(C)C(O)c2cc(Cl)ccc2NC1c1cccc(C(=O)OCc2ccccc2)c1. The standard InChI is InChI=1S/C25H24ClNO3/c1-25(2)22(27-21-12-11-19(26)14-20(21)23(25)28)17-9-6-10-18(13-17)24(29)30-15-16-7-4-3-5-8-16/h3-14,22-23,27-28H,15H2,1-2H3. The van der Waals surface area contributed by atoms with Crippen molar-refractivity contribution in [2.24, 2.45) is 5.41 Å². The van der Waals surface area contributed by atoms with Crippen molar-refractivity contribution in [2.75, 3.05) is 5.32 Å². The van der Waals surface area contributed by atoms with Crippen molar-refractivity contribution in [3.63, 3.8) is 0 Å². The maximum absolute atomic E-state index is 12.6. The van der Waals surface area contributed by atoms with E-state index >= 15 is 0 Å². The Morgan fingerprint density at radius 3 is 2.60 bits per heavy atom. The van der Waals surface area contributed by atoms with E-state index in [2.05, 4.69) is 5.32 Å². The molecule has 0 radical (unpaired) electrons. The number of hydrogen-bond acceptors (Lipinski definition) is 4. The monoisotopic (exact) mass is 421 g/mol. The maximum atomic E-state index is 12.6. The summed E-state index contributed by atoms with van der Waals surface area (Å²) in [5.74, 6) is -0.373. The van der Waals surface area contributed by atoms with Crippen LogP contribution in [0.2, 0.25) is 5.02 Å². The summed E-state index contributed by atoms with van der Waals surface area (Å²) in [6.07, 6.45) is -0.703. The number of esters is 1. The second kappa shape index (κ2) is 8.13. The lowest BCUT2D eigenvalue weighted by atomic mass is 9.70. The summed E-state index contributed by atoms with van der Waals surface area (Å²) in [6.45, 7) is 4.23. The Balaban J connectivity index is 1.58. The average molecular weight is 422 g/mol. The number of benzene rings is 3. The molecule has 0 bridgehead atoms. The Bertz CT molecular complexity index is 1060. The van der Waals surface area contributed by atoms with Crippen molar-refractivity contribution in [1.29, 1.82) is 0 Å². The first kappa shape index (κ1) is 20.5. The third-order valence-corrected chi connectivity index (χ3v) is 5.96. The van der Waals surface area contributed by atoms with E-state index in [0.717, 1.165) is 22.4 Å². The molecule has 3 aromatic carbocycles. The average Bonchev–Trinajstić information content (AvgIpc) is 2.76. The maximum Gasteiger partial charge on any atom is 0.338 e. The van der Waals surface area contributed by atoms with Crippen LogP contribution < -0.4 is 5.32 Å². The van der Waals surface area contributed by atoms with Crippen molar-refractivity contribution >= 4 is 23.3 Å². The van der Waals surface area contributed by atoms with Crippen LogP contribution in [-0.2, 0) is 11.3 Å². The molecule has 0 aliphatic carbocycles. The van der Waals surface area contributed by atoms with Crippen LogP contribution in [0.1, 0.15) is 53.0 Å². The predicted molar refractivity (Wildman–Crippen MR) is 119 cm³/mol. The first-order valence-corrected chi connectivity index (χ1v) is 10.3. The van der Waals surface area contributed by atoms with Crippen molar-refractivity contribution in [1.82, 2.24) is 0 Å². The Morgan fingerprint density at radius 2 is 1.83 bits per heavy atom. The zero-order valence-corrected chi connectivity index (χ0v) is 17.7. The van der Waals surface area contributed by atoms with Crippen molar-refractivity contribution in [3.05, 3.63) is 100 Å². The third kappa shape index (κ3) is 3.93. The van der Waals surface area contributed by atoms with Gasteiger partial charge in [-0.05, 0) is 41.5 Å². The van der Waals surface area contributed by atoms with E-state index in [1.54, 1.807) is 18.2 Å². The number of carbonyl (C=O) groups is 1. The highest BCUT2D eigenvalue weighted by Crippen LogP contribution is 2.51. The van der Waals surface area contributed by atoms with Gasteiger partial charge in [0.15, 0.2) is 0 Å². The highest BCUT2D eigenvalue weighted by Gasteiger charge is 2.43. The number of anilines is 1. The number of aliphatic hydroxyl groups excluding tert-OH is 1. The van der Waals surface area contributed by atoms with Gasteiger partial charge < -0.3 is 15.2 Å². The van der Waals surface area contributed by atoms with E-state index in [4.69, 9.17) is 16.3 Å². The van der Waals surface area contributed by atoms with Gasteiger partial charge in [0.25, 0.3) is 0 Å². The summed E-state index contributed by atoms with van der Waals surface area (Å²) in [4.78, 5) is 12.6. The summed E-state index contributed by atoms with van der Waals surface area (Å²) in [6, 6.07) is 22.3. The number of aliphatic hydroxyl groups is 1. The second-order valence-electron chi connectivity index (χ2n) is 8.22. The van der Waals surface area contributed by atoms with Gasteiger partial charge in [0.05, 0.1) is 17.7 Å². The number of halogens is 1.